The number of anilines is 1. The van der Waals surface area contributed by atoms with Crippen molar-refractivity contribution >= 4 is 39.2 Å². The van der Waals surface area contributed by atoms with E-state index in [4.69, 9.17) is 4.74 Å². The van der Waals surface area contributed by atoms with Crippen LogP contribution in [0.4, 0.5) is 13.8 Å². The van der Waals surface area contributed by atoms with E-state index in [2.05, 4.69) is 15.4 Å². The highest BCUT2D eigenvalue weighted by Crippen LogP contribution is 2.38. The number of thiophene rings is 1. The zero-order valence-electron chi connectivity index (χ0n) is 18.8. The molecule has 0 aliphatic heterocycles. The molecule has 10 heteroatoms. The van der Waals surface area contributed by atoms with Crippen LogP contribution in [0.15, 0.2) is 6.07 Å². The predicted octanol–water partition coefficient (Wildman–Crippen LogP) is 5.13. The molecule has 1 aliphatic carbocycles. The zero-order chi connectivity index (χ0) is 23.7. The second-order valence-electron chi connectivity index (χ2n) is 8.13. The number of aryl methyl sites for hydroxylation is 3. The average molecular weight is 477 g/mol. The fourth-order valence-corrected chi connectivity index (χ4v) is 5.65. The van der Waals surface area contributed by atoms with Crippen LogP contribution in [0.3, 0.4) is 0 Å². The predicted molar refractivity (Wildman–Crippen MR) is 122 cm³/mol. The lowest BCUT2D eigenvalue weighted by Crippen LogP contribution is -2.21. The number of rotatable bonds is 6. The molecule has 33 heavy (non-hydrogen) atoms. The van der Waals surface area contributed by atoms with Crippen LogP contribution in [0.5, 0.6) is 0 Å². The summed E-state index contributed by atoms with van der Waals surface area (Å²) in [6.45, 7) is 5.02. The summed E-state index contributed by atoms with van der Waals surface area (Å²) < 4.78 is 33.7. The van der Waals surface area contributed by atoms with Gasteiger partial charge in [0, 0.05) is 16.1 Å². The first-order chi connectivity index (χ1) is 15.8. The summed E-state index contributed by atoms with van der Waals surface area (Å²) in [4.78, 5) is 31.1. The van der Waals surface area contributed by atoms with Gasteiger partial charge >= 0.3 is 5.97 Å². The maximum Gasteiger partial charge on any atom is 0.341 e. The van der Waals surface area contributed by atoms with Gasteiger partial charge in [-0.2, -0.15) is 5.10 Å². The van der Waals surface area contributed by atoms with Crippen LogP contribution in [0.25, 0.3) is 11.0 Å². The number of fused-ring (bicyclic) bond motifs is 2. The molecule has 1 amide bonds. The molecule has 1 aliphatic rings. The third-order valence-electron chi connectivity index (χ3n) is 5.72. The number of carbonyl (C=O) groups excluding carboxylic acids is 2. The van der Waals surface area contributed by atoms with Crippen molar-refractivity contribution in [1.82, 2.24) is 14.8 Å². The smallest absolute Gasteiger partial charge is 0.341 e. The minimum atomic E-state index is -2.67. The number of esters is 1. The zero-order valence-corrected chi connectivity index (χ0v) is 19.7. The van der Waals surface area contributed by atoms with Crippen molar-refractivity contribution in [2.75, 3.05) is 11.9 Å². The number of pyridine rings is 1. The Morgan fingerprint density at radius 1 is 1.24 bits per heavy atom. The SMILES string of the molecule is CCOC(=O)c1c(NC(=O)Cn2nc(C)c3c(C(F)F)cc(C)nc32)sc2c1CCCCC2. The van der Waals surface area contributed by atoms with E-state index in [0.29, 0.717) is 22.0 Å². The second kappa shape index (κ2) is 9.54. The van der Waals surface area contributed by atoms with Crippen molar-refractivity contribution in [3.63, 3.8) is 0 Å². The van der Waals surface area contributed by atoms with Crippen LogP contribution in [0.2, 0.25) is 0 Å². The number of hydrogen-bond donors (Lipinski definition) is 1. The number of aromatic nitrogens is 3. The maximum absolute atomic E-state index is 13.6. The molecule has 0 spiro atoms. The van der Waals surface area contributed by atoms with Crippen LogP contribution in [0.1, 0.15) is 70.4 Å². The Bertz CT molecular complexity index is 1220. The number of hydrogen-bond acceptors (Lipinski definition) is 6. The van der Waals surface area contributed by atoms with E-state index < -0.39 is 18.3 Å². The molecule has 0 aromatic carbocycles. The molecule has 3 aromatic rings. The van der Waals surface area contributed by atoms with Crippen molar-refractivity contribution in [3.05, 3.63) is 39.0 Å². The maximum atomic E-state index is 13.6. The number of halogens is 2. The lowest BCUT2D eigenvalue weighted by Gasteiger charge is -2.09. The van der Waals surface area contributed by atoms with Crippen LogP contribution in [0, 0.1) is 13.8 Å². The van der Waals surface area contributed by atoms with Crippen LogP contribution >= 0.6 is 11.3 Å². The molecule has 0 saturated carbocycles. The van der Waals surface area contributed by atoms with E-state index >= 15 is 0 Å². The molecular formula is C23H26F2N4O3S. The number of nitrogens with one attached hydrogen (secondary N) is 1. The minimum Gasteiger partial charge on any atom is -0.462 e. The Hall–Kier alpha value is -2.88. The van der Waals surface area contributed by atoms with Crippen LogP contribution in [-0.4, -0.2) is 33.2 Å². The van der Waals surface area contributed by atoms with Crippen molar-refractivity contribution < 1.29 is 23.1 Å². The Labute approximate surface area is 194 Å². The second-order valence-corrected chi connectivity index (χ2v) is 9.24. The molecule has 0 bridgehead atoms. The Morgan fingerprint density at radius 3 is 2.73 bits per heavy atom. The van der Waals surface area contributed by atoms with Gasteiger partial charge in [0.05, 0.1) is 23.3 Å². The number of alkyl halides is 2. The summed E-state index contributed by atoms with van der Waals surface area (Å²) in [5.74, 6) is -0.852. The highest BCUT2D eigenvalue weighted by Gasteiger charge is 2.27. The average Bonchev–Trinajstić information content (AvgIpc) is 3.13. The van der Waals surface area contributed by atoms with Crippen LogP contribution < -0.4 is 5.32 Å². The van der Waals surface area contributed by atoms with Gasteiger partial charge in [-0.3, -0.25) is 4.79 Å². The van der Waals surface area contributed by atoms with E-state index in [0.717, 1.165) is 42.5 Å². The van der Waals surface area contributed by atoms with Gasteiger partial charge in [-0.15, -0.1) is 11.3 Å². The van der Waals surface area contributed by atoms with Gasteiger partial charge in [-0.05, 0) is 58.1 Å². The fraction of sp³-hybridized carbons (Fsp3) is 0.478. The van der Waals surface area contributed by atoms with E-state index in [1.54, 1.807) is 20.8 Å². The van der Waals surface area contributed by atoms with E-state index in [1.165, 1.54) is 22.1 Å². The molecule has 0 saturated heterocycles. The fourth-order valence-electron chi connectivity index (χ4n) is 4.35. The van der Waals surface area contributed by atoms with E-state index in [-0.39, 0.29) is 29.7 Å². The monoisotopic (exact) mass is 476 g/mol. The highest BCUT2D eigenvalue weighted by molar-refractivity contribution is 7.17. The Morgan fingerprint density at radius 2 is 2.00 bits per heavy atom. The molecule has 4 rings (SSSR count). The summed E-state index contributed by atoms with van der Waals surface area (Å²) in [5, 5.41) is 7.87. The lowest BCUT2D eigenvalue weighted by atomic mass is 10.1. The van der Waals surface area contributed by atoms with Gasteiger partial charge in [0.15, 0.2) is 5.65 Å². The van der Waals surface area contributed by atoms with Gasteiger partial charge in [0.25, 0.3) is 6.43 Å². The summed E-state index contributed by atoms with van der Waals surface area (Å²) in [5.41, 5.74) is 2.30. The summed E-state index contributed by atoms with van der Waals surface area (Å²) in [7, 11) is 0. The summed E-state index contributed by atoms with van der Waals surface area (Å²) in [6, 6.07) is 1.34. The summed E-state index contributed by atoms with van der Waals surface area (Å²) in [6.07, 6.45) is 2.10. The van der Waals surface area contributed by atoms with Gasteiger partial charge < -0.3 is 10.1 Å². The van der Waals surface area contributed by atoms with Crippen molar-refractivity contribution in [2.24, 2.45) is 0 Å². The van der Waals surface area contributed by atoms with Crippen molar-refractivity contribution in [2.45, 2.75) is 65.8 Å². The molecule has 0 unspecified atom stereocenters. The summed E-state index contributed by atoms with van der Waals surface area (Å²) >= 11 is 1.41. The molecule has 0 fully saturated rings. The first-order valence-corrected chi connectivity index (χ1v) is 11.9. The van der Waals surface area contributed by atoms with Gasteiger partial charge in [0.2, 0.25) is 5.91 Å². The lowest BCUT2D eigenvalue weighted by molar-refractivity contribution is -0.116. The van der Waals surface area contributed by atoms with Crippen molar-refractivity contribution in [1.29, 1.82) is 0 Å². The molecule has 176 valence electrons. The quantitative estimate of drug-likeness (QED) is 0.394. The first-order valence-electron chi connectivity index (χ1n) is 11.0. The van der Waals surface area contributed by atoms with E-state index in [1.807, 2.05) is 0 Å². The first kappa shape index (κ1) is 23.3. The number of nitrogens with zero attached hydrogens (tertiary/aromatic N) is 3. The topological polar surface area (TPSA) is 86.1 Å². The number of ether oxygens (including phenoxy) is 1. The Kier molecular flexibility index (Phi) is 6.73. The number of carbonyl (C=O) groups is 2. The molecule has 7 nitrogen and oxygen atoms in total. The molecule has 3 aromatic heterocycles. The van der Waals surface area contributed by atoms with Crippen molar-refractivity contribution in [3.8, 4) is 0 Å². The minimum absolute atomic E-state index is 0.145. The third kappa shape index (κ3) is 4.62. The molecule has 3 heterocycles. The normalized spacial score (nSPS) is 13.8. The molecular weight excluding hydrogens is 450 g/mol. The Balaban J connectivity index is 1.65. The van der Waals surface area contributed by atoms with Gasteiger partial charge in [0.1, 0.15) is 11.5 Å². The molecule has 0 radical (unpaired) electrons. The largest absolute Gasteiger partial charge is 0.462 e. The molecule has 0 atom stereocenters. The van der Waals surface area contributed by atoms with Gasteiger partial charge in [-0.25, -0.2) is 23.2 Å². The van der Waals surface area contributed by atoms with E-state index in [9.17, 15) is 18.4 Å². The standard InChI is InChI=1S/C23H26F2N4O3S/c1-4-32-23(31)19-14-8-6-5-7-9-16(14)33-22(19)27-17(30)11-29-21-18(13(3)28-29)15(20(24)25)10-12(2)26-21/h10,20H,4-9,11H2,1-3H3,(H,27,30). The molecule has 1 N–H and O–H groups in total. The third-order valence-corrected chi connectivity index (χ3v) is 6.93. The highest BCUT2D eigenvalue weighted by atomic mass is 32.1. The van der Waals surface area contributed by atoms with Gasteiger partial charge in [-0.1, -0.05) is 6.42 Å². The number of amides is 1. The van der Waals surface area contributed by atoms with Crippen LogP contribution in [-0.2, 0) is 28.9 Å².